The van der Waals surface area contributed by atoms with E-state index in [0.717, 1.165) is 31.3 Å². The molecule has 31 heavy (non-hydrogen) atoms. The molecule has 8 heteroatoms. The van der Waals surface area contributed by atoms with Crippen LogP contribution in [0.2, 0.25) is 10.0 Å². The summed E-state index contributed by atoms with van der Waals surface area (Å²) >= 11 is 11.9. The SMILES string of the molecule is CC1C(=O)N(CCCCN2CCC3(CC2)CC3)CCN1C(=O)Nc1ccc(Cl)c(Cl)c1. The molecule has 4 rings (SSSR count). The normalized spacial score (nSPS) is 23.3. The lowest BCUT2D eigenvalue weighted by atomic mass is 9.93. The molecule has 1 unspecified atom stereocenters. The lowest BCUT2D eigenvalue weighted by Crippen LogP contribution is -2.58. The van der Waals surface area contributed by atoms with Gasteiger partial charge in [-0.05, 0) is 88.7 Å². The largest absolute Gasteiger partial charge is 0.339 e. The molecule has 1 N–H and O–H groups in total. The first-order valence-corrected chi connectivity index (χ1v) is 12.2. The van der Waals surface area contributed by atoms with Gasteiger partial charge in [-0.2, -0.15) is 0 Å². The minimum atomic E-state index is -0.478. The second-order valence-electron chi connectivity index (χ2n) is 9.30. The molecule has 1 spiro atoms. The molecule has 2 aliphatic heterocycles. The third-order valence-corrected chi connectivity index (χ3v) is 7.94. The zero-order chi connectivity index (χ0) is 22.0. The molecule has 1 saturated carbocycles. The molecule has 3 aliphatic rings. The van der Waals surface area contributed by atoms with Gasteiger partial charge in [0.25, 0.3) is 0 Å². The molecule has 1 atom stereocenters. The van der Waals surface area contributed by atoms with Crippen LogP contribution in [0.3, 0.4) is 0 Å². The summed E-state index contributed by atoms with van der Waals surface area (Å²) in [7, 11) is 0. The molecule has 1 aromatic carbocycles. The summed E-state index contributed by atoms with van der Waals surface area (Å²) in [6.45, 7) is 7.27. The van der Waals surface area contributed by atoms with Crippen molar-refractivity contribution in [1.82, 2.24) is 14.7 Å². The fraction of sp³-hybridized carbons (Fsp3) is 0.652. The van der Waals surface area contributed by atoms with Gasteiger partial charge in [0.1, 0.15) is 6.04 Å². The number of unbranched alkanes of at least 4 members (excludes halogenated alkanes) is 1. The van der Waals surface area contributed by atoms with Crippen LogP contribution in [0.4, 0.5) is 10.5 Å². The van der Waals surface area contributed by atoms with E-state index < -0.39 is 6.04 Å². The Bertz CT molecular complexity index is 820. The standard InChI is InChI=1S/C23H32Cl2N4O2/c1-17-21(30)28(11-3-2-10-27-12-8-23(6-7-23)9-13-27)14-15-29(17)22(31)26-18-4-5-19(24)20(25)16-18/h4-5,16-17H,2-3,6-15H2,1H3,(H,26,31). The maximum absolute atomic E-state index is 12.8. The van der Waals surface area contributed by atoms with Crippen molar-refractivity contribution < 1.29 is 9.59 Å². The molecule has 6 nitrogen and oxygen atoms in total. The summed E-state index contributed by atoms with van der Waals surface area (Å²) < 4.78 is 0. The van der Waals surface area contributed by atoms with Crippen molar-refractivity contribution in [3.8, 4) is 0 Å². The van der Waals surface area contributed by atoms with Crippen molar-refractivity contribution in [3.63, 3.8) is 0 Å². The predicted octanol–water partition coefficient (Wildman–Crippen LogP) is 4.71. The number of nitrogens with one attached hydrogen (secondary N) is 1. The van der Waals surface area contributed by atoms with E-state index in [1.807, 2.05) is 4.90 Å². The number of urea groups is 1. The van der Waals surface area contributed by atoms with E-state index in [1.165, 1.54) is 38.8 Å². The zero-order valence-electron chi connectivity index (χ0n) is 18.2. The Morgan fingerprint density at radius 3 is 2.42 bits per heavy atom. The van der Waals surface area contributed by atoms with Crippen molar-refractivity contribution in [2.45, 2.75) is 51.5 Å². The highest BCUT2D eigenvalue weighted by Crippen LogP contribution is 2.53. The molecular formula is C23H32Cl2N4O2. The van der Waals surface area contributed by atoms with Crippen LogP contribution in [0.15, 0.2) is 18.2 Å². The number of carbonyl (C=O) groups excluding carboxylic acids is 2. The van der Waals surface area contributed by atoms with Gasteiger partial charge in [-0.15, -0.1) is 0 Å². The van der Waals surface area contributed by atoms with Crippen molar-refractivity contribution in [3.05, 3.63) is 28.2 Å². The molecule has 3 amide bonds. The highest BCUT2D eigenvalue weighted by molar-refractivity contribution is 6.42. The van der Waals surface area contributed by atoms with Crippen LogP contribution in [-0.2, 0) is 4.79 Å². The number of likely N-dealkylation sites (tertiary alicyclic amines) is 1. The second-order valence-corrected chi connectivity index (χ2v) is 10.1. The number of piperidine rings is 1. The Kier molecular flexibility index (Phi) is 6.99. The van der Waals surface area contributed by atoms with E-state index >= 15 is 0 Å². The molecule has 0 bridgehead atoms. The van der Waals surface area contributed by atoms with Crippen LogP contribution in [0.1, 0.15) is 45.4 Å². The summed E-state index contributed by atoms with van der Waals surface area (Å²) in [6, 6.07) is 4.17. The fourth-order valence-electron chi connectivity index (χ4n) is 4.76. The molecule has 2 heterocycles. The first kappa shape index (κ1) is 22.7. The lowest BCUT2D eigenvalue weighted by molar-refractivity contribution is -0.139. The van der Waals surface area contributed by atoms with Gasteiger partial charge in [0.15, 0.2) is 0 Å². The molecule has 1 aromatic rings. The van der Waals surface area contributed by atoms with E-state index in [1.54, 1.807) is 30.0 Å². The highest BCUT2D eigenvalue weighted by atomic mass is 35.5. The molecule has 2 saturated heterocycles. The smallest absolute Gasteiger partial charge is 0.322 e. The molecular weight excluding hydrogens is 435 g/mol. The number of hydrogen-bond donors (Lipinski definition) is 1. The lowest BCUT2D eigenvalue weighted by Gasteiger charge is -2.39. The highest BCUT2D eigenvalue weighted by Gasteiger charge is 2.44. The van der Waals surface area contributed by atoms with Gasteiger partial charge in [-0.1, -0.05) is 23.2 Å². The third-order valence-electron chi connectivity index (χ3n) is 7.21. The van der Waals surface area contributed by atoms with Crippen LogP contribution >= 0.6 is 23.2 Å². The first-order valence-electron chi connectivity index (χ1n) is 11.4. The number of hydrogen-bond acceptors (Lipinski definition) is 3. The van der Waals surface area contributed by atoms with Crippen LogP contribution in [0.5, 0.6) is 0 Å². The van der Waals surface area contributed by atoms with Gasteiger partial charge in [-0.3, -0.25) is 4.79 Å². The predicted molar refractivity (Wildman–Crippen MR) is 125 cm³/mol. The van der Waals surface area contributed by atoms with E-state index in [-0.39, 0.29) is 11.9 Å². The maximum Gasteiger partial charge on any atom is 0.322 e. The van der Waals surface area contributed by atoms with Gasteiger partial charge < -0.3 is 20.0 Å². The van der Waals surface area contributed by atoms with E-state index in [2.05, 4.69) is 10.2 Å². The Morgan fingerprint density at radius 2 is 1.74 bits per heavy atom. The van der Waals surface area contributed by atoms with Crippen LogP contribution in [0.25, 0.3) is 0 Å². The summed E-state index contributed by atoms with van der Waals surface area (Å²) in [5, 5.41) is 3.63. The Hall–Kier alpha value is -1.50. The fourth-order valence-corrected chi connectivity index (χ4v) is 5.06. The number of carbonyl (C=O) groups is 2. The average Bonchev–Trinajstić information content (AvgIpc) is 3.51. The van der Waals surface area contributed by atoms with Gasteiger partial charge >= 0.3 is 6.03 Å². The van der Waals surface area contributed by atoms with Gasteiger partial charge in [0.05, 0.1) is 10.0 Å². The van der Waals surface area contributed by atoms with Crippen molar-refractivity contribution in [1.29, 1.82) is 0 Å². The van der Waals surface area contributed by atoms with Crippen LogP contribution < -0.4 is 5.32 Å². The molecule has 0 aromatic heterocycles. The zero-order valence-corrected chi connectivity index (χ0v) is 19.7. The van der Waals surface area contributed by atoms with Crippen LogP contribution in [-0.4, -0.2) is 71.9 Å². The third kappa shape index (κ3) is 5.47. The Labute approximate surface area is 194 Å². The average molecular weight is 467 g/mol. The first-order chi connectivity index (χ1) is 14.9. The molecule has 3 fully saturated rings. The van der Waals surface area contributed by atoms with Crippen molar-refractivity contribution in [2.24, 2.45) is 5.41 Å². The Balaban J connectivity index is 1.19. The minimum absolute atomic E-state index is 0.0178. The molecule has 0 radical (unpaired) electrons. The summed E-state index contributed by atoms with van der Waals surface area (Å²) in [6.07, 6.45) is 7.75. The maximum atomic E-state index is 12.8. The number of amides is 3. The van der Waals surface area contributed by atoms with Gasteiger partial charge in [-0.25, -0.2) is 4.79 Å². The number of benzene rings is 1. The molecule has 170 valence electrons. The Morgan fingerprint density at radius 1 is 1.03 bits per heavy atom. The number of rotatable bonds is 6. The number of nitrogens with zero attached hydrogens (tertiary/aromatic N) is 3. The van der Waals surface area contributed by atoms with Crippen molar-refractivity contribution >= 4 is 40.8 Å². The summed E-state index contributed by atoms with van der Waals surface area (Å²) in [5.74, 6) is 0.0178. The quantitative estimate of drug-likeness (QED) is 0.617. The number of halogens is 2. The van der Waals surface area contributed by atoms with Gasteiger partial charge in [0.2, 0.25) is 5.91 Å². The van der Waals surface area contributed by atoms with Crippen LogP contribution in [0, 0.1) is 5.41 Å². The van der Waals surface area contributed by atoms with Crippen molar-refractivity contribution in [2.75, 3.05) is 44.6 Å². The monoisotopic (exact) mass is 466 g/mol. The van der Waals surface area contributed by atoms with E-state index in [9.17, 15) is 9.59 Å². The topological polar surface area (TPSA) is 55.9 Å². The minimum Gasteiger partial charge on any atom is -0.339 e. The summed E-state index contributed by atoms with van der Waals surface area (Å²) in [5.41, 5.74) is 1.29. The number of piperazine rings is 1. The molecule has 1 aliphatic carbocycles. The van der Waals surface area contributed by atoms with E-state index in [0.29, 0.717) is 28.8 Å². The van der Waals surface area contributed by atoms with Gasteiger partial charge in [0, 0.05) is 25.3 Å². The number of anilines is 1. The summed E-state index contributed by atoms with van der Waals surface area (Å²) in [4.78, 5) is 31.6. The second kappa shape index (κ2) is 9.55. The van der Waals surface area contributed by atoms with E-state index in [4.69, 9.17) is 23.2 Å².